The van der Waals surface area contributed by atoms with Crippen LogP contribution in [-0.4, -0.2) is 35.5 Å². The van der Waals surface area contributed by atoms with Gasteiger partial charge in [0.05, 0.1) is 17.8 Å². The number of hydrogen-bond acceptors (Lipinski definition) is 6. The lowest BCUT2D eigenvalue weighted by Crippen LogP contribution is -2.33. The molecule has 1 heterocycles. The van der Waals surface area contributed by atoms with Crippen molar-refractivity contribution in [1.29, 1.82) is 0 Å². The van der Waals surface area contributed by atoms with Crippen LogP contribution in [0.25, 0.3) is 0 Å². The highest BCUT2D eigenvalue weighted by Gasteiger charge is 2.31. The van der Waals surface area contributed by atoms with Crippen LogP contribution in [-0.2, 0) is 25.6 Å². The van der Waals surface area contributed by atoms with Crippen LogP contribution in [0.15, 0.2) is 78.0 Å². The van der Waals surface area contributed by atoms with E-state index in [1.54, 1.807) is 36.4 Å². The van der Waals surface area contributed by atoms with Crippen molar-refractivity contribution in [2.24, 2.45) is 0 Å². The third-order valence-corrected chi connectivity index (χ3v) is 8.39. The third kappa shape index (κ3) is 5.82. The van der Waals surface area contributed by atoms with E-state index < -0.39 is 25.1 Å². The number of sulfone groups is 1. The smallest absolute Gasteiger partial charge is 0.215 e. The van der Waals surface area contributed by atoms with Gasteiger partial charge in [0.25, 0.3) is 0 Å². The van der Waals surface area contributed by atoms with E-state index in [2.05, 4.69) is 9.71 Å². The Labute approximate surface area is 187 Å². The summed E-state index contributed by atoms with van der Waals surface area (Å²) in [6.45, 7) is -0.354. The van der Waals surface area contributed by atoms with Crippen molar-refractivity contribution in [3.8, 4) is 5.75 Å². The molecule has 3 aromatic rings. The van der Waals surface area contributed by atoms with E-state index in [1.165, 1.54) is 43.8 Å². The molecule has 164 valence electrons. The quantitative estimate of drug-likeness (QED) is 0.503. The summed E-state index contributed by atoms with van der Waals surface area (Å²) in [5, 5.41) is -0.849. The lowest BCUT2D eigenvalue weighted by molar-refractivity contribution is 0.414. The van der Waals surface area contributed by atoms with Gasteiger partial charge in [-0.1, -0.05) is 35.9 Å². The average Bonchev–Trinajstić information content (AvgIpc) is 2.76. The first-order valence-corrected chi connectivity index (χ1v) is 12.8. The molecule has 1 N–H and O–H groups in total. The summed E-state index contributed by atoms with van der Waals surface area (Å²) in [4.78, 5) is 4.03. The Bertz CT molecular complexity index is 1230. The van der Waals surface area contributed by atoms with Crippen LogP contribution in [0.4, 0.5) is 0 Å². The second-order valence-corrected chi connectivity index (χ2v) is 11.0. The zero-order valence-electron chi connectivity index (χ0n) is 16.6. The molecule has 0 spiro atoms. The maximum absolute atomic E-state index is 13.3. The summed E-state index contributed by atoms with van der Waals surface area (Å²) in [6, 6.07) is 15.7. The van der Waals surface area contributed by atoms with Gasteiger partial charge in [0, 0.05) is 24.0 Å². The summed E-state index contributed by atoms with van der Waals surface area (Å²) in [5.41, 5.74) is 0.798. The molecule has 0 bridgehead atoms. The molecule has 31 heavy (non-hydrogen) atoms. The highest BCUT2D eigenvalue weighted by molar-refractivity contribution is 7.92. The fourth-order valence-corrected chi connectivity index (χ4v) is 6.19. The van der Waals surface area contributed by atoms with Gasteiger partial charge < -0.3 is 4.74 Å². The number of rotatable bonds is 9. The number of pyridine rings is 1. The van der Waals surface area contributed by atoms with Gasteiger partial charge in [0.15, 0.2) is 9.84 Å². The lowest BCUT2D eigenvalue weighted by atomic mass is 10.2. The van der Waals surface area contributed by atoms with E-state index in [0.29, 0.717) is 21.9 Å². The Morgan fingerprint density at radius 2 is 1.71 bits per heavy atom. The predicted octanol–water partition coefficient (Wildman–Crippen LogP) is 3.38. The number of hydrogen-bond donors (Lipinski definition) is 1. The van der Waals surface area contributed by atoms with E-state index in [-0.39, 0.29) is 17.2 Å². The number of ether oxygens (including phenoxy) is 1. The van der Waals surface area contributed by atoms with E-state index in [4.69, 9.17) is 16.3 Å². The van der Waals surface area contributed by atoms with E-state index in [1.807, 2.05) is 0 Å². The largest absolute Gasteiger partial charge is 0.497 e. The first kappa shape index (κ1) is 23.2. The number of halogens is 1. The molecular formula is C21H21ClN2O5S2. The molecule has 1 aromatic heterocycles. The molecule has 0 aliphatic rings. The fraction of sp³-hybridized carbons (Fsp3) is 0.190. The SMILES string of the molecule is COc1ccc(S(=O)(=O)C(CNS(=O)(=O)Cc2ccccc2Cl)c2cccnc2)cc1. The van der Waals surface area contributed by atoms with Crippen LogP contribution >= 0.6 is 11.6 Å². The minimum absolute atomic E-state index is 0.0486. The number of aromatic nitrogens is 1. The van der Waals surface area contributed by atoms with Gasteiger partial charge in [0.1, 0.15) is 11.0 Å². The van der Waals surface area contributed by atoms with Crippen molar-refractivity contribution in [1.82, 2.24) is 9.71 Å². The Balaban J connectivity index is 1.88. The zero-order valence-corrected chi connectivity index (χ0v) is 19.0. The van der Waals surface area contributed by atoms with Crippen LogP contribution in [0.2, 0.25) is 5.02 Å². The van der Waals surface area contributed by atoms with Crippen LogP contribution in [0.3, 0.4) is 0 Å². The average molecular weight is 481 g/mol. The molecular weight excluding hydrogens is 460 g/mol. The normalized spacial score (nSPS) is 13.0. The van der Waals surface area contributed by atoms with Gasteiger partial charge in [-0.15, -0.1) is 0 Å². The van der Waals surface area contributed by atoms with Gasteiger partial charge in [-0.3, -0.25) is 4.98 Å². The van der Waals surface area contributed by atoms with Crippen molar-refractivity contribution in [3.05, 3.63) is 89.2 Å². The molecule has 10 heteroatoms. The molecule has 0 saturated heterocycles. The van der Waals surface area contributed by atoms with Crippen LogP contribution in [0.5, 0.6) is 5.75 Å². The maximum atomic E-state index is 13.3. The Morgan fingerprint density at radius 3 is 2.32 bits per heavy atom. The second-order valence-electron chi connectivity index (χ2n) is 6.69. The minimum atomic E-state index is -3.93. The standard InChI is InChI=1S/C21H21ClN2O5S2/c1-29-18-8-10-19(11-9-18)31(27,28)21(16-6-4-12-23-13-16)14-24-30(25,26)15-17-5-2-3-7-20(17)22/h2-13,21,24H,14-15H2,1H3. The molecule has 2 aromatic carbocycles. The predicted molar refractivity (Wildman–Crippen MR) is 119 cm³/mol. The number of nitrogens with zero attached hydrogens (tertiary/aromatic N) is 1. The molecule has 0 fully saturated rings. The van der Waals surface area contributed by atoms with E-state index >= 15 is 0 Å². The maximum Gasteiger partial charge on any atom is 0.215 e. The topological polar surface area (TPSA) is 102 Å². The number of methoxy groups -OCH3 is 1. The molecule has 0 aliphatic heterocycles. The summed E-state index contributed by atoms with van der Waals surface area (Å²) in [5.74, 6) is 0.145. The Hall–Kier alpha value is -2.46. The number of nitrogens with one attached hydrogen (secondary N) is 1. The van der Waals surface area contributed by atoms with Crippen LogP contribution < -0.4 is 9.46 Å². The van der Waals surface area contributed by atoms with Crippen molar-refractivity contribution in [2.45, 2.75) is 15.9 Å². The van der Waals surface area contributed by atoms with Gasteiger partial charge in [0.2, 0.25) is 10.0 Å². The highest BCUT2D eigenvalue weighted by Crippen LogP contribution is 2.29. The molecule has 0 radical (unpaired) electrons. The van der Waals surface area contributed by atoms with Gasteiger partial charge in [-0.05, 0) is 47.5 Å². The highest BCUT2D eigenvalue weighted by atomic mass is 35.5. The van der Waals surface area contributed by atoms with Crippen molar-refractivity contribution < 1.29 is 21.6 Å². The van der Waals surface area contributed by atoms with Gasteiger partial charge in [-0.25, -0.2) is 21.6 Å². The molecule has 3 rings (SSSR count). The van der Waals surface area contributed by atoms with Crippen molar-refractivity contribution in [3.63, 3.8) is 0 Å². The summed E-state index contributed by atoms with van der Waals surface area (Å²) in [7, 11) is -6.30. The Morgan fingerprint density at radius 1 is 1.00 bits per heavy atom. The van der Waals surface area contributed by atoms with Crippen LogP contribution in [0, 0.1) is 0 Å². The van der Waals surface area contributed by atoms with Crippen LogP contribution in [0.1, 0.15) is 16.4 Å². The summed E-state index contributed by atoms with van der Waals surface area (Å²) >= 11 is 6.06. The molecule has 0 aliphatic carbocycles. The van der Waals surface area contributed by atoms with Gasteiger partial charge in [-0.2, -0.15) is 0 Å². The van der Waals surface area contributed by atoms with Gasteiger partial charge >= 0.3 is 0 Å². The molecule has 1 atom stereocenters. The summed E-state index contributed by atoms with van der Waals surface area (Å²) in [6.07, 6.45) is 2.93. The molecule has 0 saturated carbocycles. The first-order chi connectivity index (χ1) is 14.7. The monoisotopic (exact) mass is 480 g/mol. The van der Waals surface area contributed by atoms with E-state index in [0.717, 1.165) is 0 Å². The zero-order chi connectivity index (χ0) is 22.5. The molecule has 1 unspecified atom stereocenters. The van der Waals surface area contributed by atoms with Crippen molar-refractivity contribution >= 4 is 31.5 Å². The molecule has 0 amide bonds. The third-order valence-electron chi connectivity index (χ3n) is 4.61. The number of benzene rings is 2. The minimum Gasteiger partial charge on any atom is -0.497 e. The van der Waals surface area contributed by atoms with E-state index in [9.17, 15) is 16.8 Å². The molecule has 7 nitrogen and oxygen atoms in total. The first-order valence-electron chi connectivity index (χ1n) is 9.21. The van der Waals surface area contributed by atoms with Crippen molar-refractivity contribution in [2.75, 3.05) is 13.7 Å². The number of sulfonamides is 1. The Kier molecular flexibility index (Phi) is 7.32. The second kappa shape index (κ2) is 9.78. The fourth-order valence-electron chi connectivity index (χ4n) is 2.98. The lowest BCUT2D eigenvalue weighted by Gasteiger charge is -2.19. The summed E-state index contributed by atoms with van der Waals surface area (Å²) < 4.78 is 59.4.